The molecule has 324 valence electrons. The van der Waals surface area contributed by atoms with E-state index in [1.807, 2.05) is 32.9 Å². The van der Waals surface area contributed by atoms with Crippen LogP contribution in [-0.2, 0) is 37.3 Å². The first-order valence-corrected chi connectivity index (χ1v) is 19.7. The van der Waals surface area contributed by atoms with Crippen LogP contribution < -0.4 is 0 Å². The normalized spacial score (nSPS) is 19.8. The molecule has 5 heteroatoms. The molecular weight excluding hydrogens is 950 g/mol. The fraction of sp³-hybridized carbons (Fsp3) is 0.276. The average molecular weight is 1040 g/mol. The molecule has 1 N–H and O–H groups in total. The number of rotatable bonds is 7. The number of phenols is 1. The van der Waals surface area contributed by atoms with E-state index in [0.717, 1.165) is 0 Å². The van der Waals surface area contributed by atoms with Gasteiger partial charge in [-0.2, -0.15) is 0 Å². The van der Waals surface area contributed by atoms with Gasteiger partial charge in [0.05, 0.1) is 22.1 Å². The minimum absolute atomic E-state index is 0. The summed E-state index contributed by atoms with van der Waals surface area (Å²) in [5, 5.41) is 13.0. The van der Waals surface area contributed by atoms with Gasteiger partial charge in [-0.05, 0) is 92.7 Å². The molecule has 0 radical (unpaired) electrons. The second-order valence-corrected chi connectivity index (χ2v) is 16.6. The number of pyridine rings is 1. The molecule has 8 rings (SSSR count). The number of hydrogen-bond donors (Lipinski definition) is 1. The van der Waals surface area contributed by atoms with Crippen molar-refractivity contribution in [3.05, 3.63) is 167 Å². The third-order valence-corrected chi connectivity index (χ3v) is 10.7. The molecule has 6 aromatic carbocycles. The van der Waals surface area contributed by atoms with E-state index in [4.69, 9.17) is 39.3 Å². The molecule has 0 atom stereocenters. The van der Waals surface area contributed by atoms with Gasteiger partial charge in [0, 0.05) is 74.4 Å². The van der Waals surface area contributed by atoms with Crippen molar-refractivity contribution in [1.29, 1.82) is 0 Å². The molecule has 0 saturated heterocycles. The molecule has 8 aromatic rings. The first kappa shape index (κ1) is 22.9. The molecule has 0 amide bonds. The number of para-hydroxylation sites is 1. The van der Waals surface area contributed by atoms with E-state index in [2.05, 4.69) is 11.1 Å². The fourth-order valence-corrected chi connectivity index (χ4v) is 7.50. The van der Waals surface area contributed by atoms with Crippen LogP contribution in [0, 0.1) is 12.9 Å². The zero-order chi connectivity index (χ0) is 66.2. The van der Waals surface area contributed by atoms with Gasteiger partial charge in [0.25, 0.3) is 0 Å². The molecule has 0 unspecified atom stereocenters. The maximum absolute atomic E-state index is 13.0. The van der Waals surface area contributed by atoms with Crippen molar-refractivity contribution >= 4 is 11.0 Å². The molecule has 0 aliphatic rings. The Morgan fingerprint density at radius 3 is 2.08 bits per heavy atom. The van der Waals surface area contributed by atoms with Crippen LogP contribution in [0.15, 0.2) is 133 Å². The molecule has 2 aromatic heterocycles. The number of hydrogen-bond acceptors (Lipinski definition) is 3. The largest absolute Gasteiger partial charge is 0.507 e. The fourth-order valence-electron chi connectivity index (χ4n) is 7.50. The summed E-state index contributed by atoms with van der Waals surface area (Å²) in [7, 11) is 0. The molecule has 0 aliphatic heterocycles. The van der Waals surface area contributed by atoms with Crippen LogP contribution in [0.5, 0.6) is 5.75 Å². The Hall–Kier alpha value is -5.57. The second kappa shape index (κ2) is 17.2. The SMILES string of the molecule is [2H]c1c([2H])c(C([2H])([2H])[2H])c([2H])c([2H])c1-c1ccnc(-c2[c-]c(-c3cccc4c3nc(-c3cc(C(C([2H])([2H])[2H])(C([2H])([2H])[2H])C([2H])([2H])[2H])cc(C(C([2H])([2H])[2H])(C([2H])([2H])[2H])C([2H])([2H])[2H])c3O)n4-c3ccc(-c4ccccc4)c(C([2H])(C)C)c3)cc(C(C)(C)C)c2)c1.[Pt]. The Morgan fingerprint density at radius 1 is 0.683 bits per heavy atom. The van der Waals surface area contributed by atoms with Crippen molar-refractivity contribution in [2.45, 2.75) is 105 Å². The Kier molecular flexibility index (Phi) is 6.24. The van der Waals surface area contributed by atoms with Crippen LogP contribution in [0.3, 0.4) is 0 Å². The van der Waals surface area contributed by atoms with Crippen molar-refractivity contribution in [2.75, 3.05) is 0 Å². The molecule has 0 fully saturated rings. The molecule has 2 heterocycles. The zero-order valence-corrected chi connectivity index (χ0v) is 37.3. The summed E-state index contributed by atoms with van der Waals surface area (Å²) in [6.07, 6.45) is 1.35. The van der Waals surface area contributed by atoms with Crippen LogP contribution in [0.25, 0.3) is 72.7 Å². The van der Waals surface area contributed by atoms with Gasteiger partial charge in [-0.1, -0.05) is 177 Å². The first-order valence-electron chi connectivity index (χ1n) is 32.7. The monoisotopic (exact) mass is 1040 g/mol. The standard InChI is InChI=1S/C58H60N3O.Pt/c1-36(2)48-35-45(25-26-46(48)39-17-14-13-15-18-39)61-52-20-16-19-47(53(52)60-55(61)49-33-44(57(7,8)9)34-50(54(49)62)58(10,11)12)41-29-42(31-43(30-41)56(4,5)6)51-32-40(27-28-59-51)38-23-21-37(3)22-24-38;/h13-28,30-36,62H,1-12H3;/q-1;/i3D3,7D3,8D3,9D3,10D3,11D3,12D3,21D,22D,23D,24D,36D;. The first-order chi connectivity index (χ1) is 40.0. The predicted octanol–water partition coefficient (Wildman–Crippen LogP) is 15.6. The molecule has 4 nitrogen and oxygen atoms in total. The van der Waals surface area contributed by atoms with E-state index in [1.54, 1.807) is 74.5 Å². The van der Waals surface area contributed by atoms with Gasteiger partial charge >= 0.3 is 0 Å². The quantitative estimate of drug-likeness (QED) is 0.162. The summed E-state index contributed by atoms with van der Waals surface area (Å²) in [6.45, 7) is -19.1. The molecule has 0 spiro atoms. The molecule has 63 heavy (non-hydrogen) atoms. The third kappa shape index (κ3) is 9.11. The number of imidazole rings is 1. The van der Waals surface area contributed by atoms with Crippen LogP contribution >= 0.6 is 0 Å². The number of phenolic OH excluding ortho intramolecular Hbond substituents is 1. The summed E-state index contributed by atoms with van der Waals surface area (Å²) >= 11 is 0. The van der Waals surface area contributed by atoms with Crippen molar-refractivity contribution in [1.82, 2.24) is 14.5 Å². The Bertz CT molecular complexity index is 3920. The molecular formula is C58H60N3OPt-. The zero-order valence-electron chi connectivity index (χ0n) is 61.0. The van der Waals surface area contributed by atoms with E-state index in [9.17, 15) is 6.48 Å². The number of aromatic nitrogens is 3. The number of aromatic hydroxyl groups is 1. The Labute approximate surface area is 426 Å². The van der Waals surface area contributed by atoms with E-state index >= 15 is 0 Å². The topological polar surface area (TPSA) is 50.9 Å². The van der Waals surface area contributed by atoms with Crippen molar-refractivity contribution < 1.29 is 61.8 Å². The van der Waals surface area contributed by atoms with Gasteiger partial charge in [-0.25, -0.2) is 4.98 Å². The Balaban J connectivity index is 0.0000113. The van der Waals surface area contributed by atoms with E-state index in [0.29, 0.717) is 28.3 Å². The van der Waals surface area contributed by atoms with Gasteiger partial charge in [0.1, 0.15) is 11.6 Å². The van der Waals surface area contributed by atoms with Crippen molar-refractivity contribution in [3.63, 3.8) is 0 Å². The smallest absolute Gasteiger partial charge is 0.148 e. The molecule has 0 aliphatic carbocycles. The molecule has 0 bridgehead atoms. The number of fused-ring (bicyclic) bond motifs is 1. The van der Waals surface area contributed by atoms with E-state index < -0.39 is 128 Å². The third-order valence-electron chi connectivity index (χ3n) is 10.7. The second-order valence-electron chi connectivity index (χ2n) is 16.6. The van der Waals surface area contributed by atoms with E-state index in [1.165, 1.54) is 29.0 Å². The molecule has 0 saturated carbocycles. The maximum atomic E-state index is 13.0. The number of benzene rings is 6. The minimum Gasteiger partial charge on any atom is -0.507 e. The van der Waals surface area contributed by atoms with Crippen LogP contribution in [-0.4, -0.2) is 19.6 Å². The summed E-state index contributed by atoms with van der Waals surface area (Å²) in [5.74, 6) is -3.45. The van der Waals surface area contributed by atoms with Gasteiger partial charge in [-0.3, -0.25) is 9.55 Å². The summed E-state index contributed by atoms with van der Waals surface area (Å²) in [6, 6.07) is 26.4. The van der Waals surface area contributed by atoms with Crippen molar-refractivity contribution in [2.24, 2.45) is 0 Å². The van der Waals surface area contributed by atoms with Gasteiger partial charge in [0.2, 0.25) is 0 Å². The predicted molar refractivity (Wildman–Crippen MR) is 261 cm³/mol. The number of nitrogens with zero attached hydrogens (tertiary/aromatic N) is 3. The van der Waals surface area contributed by atoms with E-state index in [-0.39, 0.29) is 77.4 Å². The summed E-state index contributed by atoms with van der Waals surface area (Å²) < 4.78 is 227. The van der Waals surface area contributed by atoms with Gasteiger partial charge < -0.3 is 5.11 Å². The maximum Gasteiger partial charge on any atom is 0.148 e. The van der Waals surface area contributed by atoms with Crippen LogP contribution in [0.2, 0.25) is 0 Å². The van der Waals surface area contributed by atoms with Gasteiger partial charge in [0.15, 0.2) is 0 Å². The van der Waals surface area contributed by atoms with Crippen LogP contribution in [0.1, 0.15) is 145 Å². The van der Waals surface area contributed by atoms with Crippen molar-refractivity contribution in [3.8, 4) is 67.5 Å². The van der Waals surface area contributed by atoms with Gasteiger partial charge in [-0.15, -0.1) is 29.3 Å². The minimum atomic E-state index is -4.23. The Morgan fingerprint density at radius 2 is 1.40 bits per heavy atom. The average Bonchev–Trinajstić information content (AvgIpc) is 1.05. The van der Waals surface area contributed by atoms with Crippen LogP contribution in [0.4, 0.5) is 0 Å². The summed E-state index contributed by atoms with van der Waals surface area (Å²) in [4.78, 5) is 9.66. The summed E-state index contributed by atoms with van der Waals surface area (Å²) in [5.41, 5.74) is -10.2.